The molecule has 7 heteroatoms. The number of halogens is 1. The van der Waals surface area contributed by atoms with Gasteiger partial charge in [-0.25, -0.2) is 0 Å². The number of hydrogen-bond acceptors (Lipinski definition) is 4. The zero-order valence-electron chi connectivity index (χ0n) is 8.77. The van der Waals surface area contributed by atoms with Crippen molar-refractivity contribution in [1.29, 1.82) is 0 Å². The normalized spacial score (nSPS) is 15.1. The van der Waals surface area contributed by atoms with E-state index in [9.17, 15) is 14.9 Å². The van der Waals surface area contributed by atoms with Crippen LogP contribution in [0, 0.1) is 16.0 Å². The first-order chi connectivity index (χ1) is 8.08. The second kappa shape index (κ2) is 4.80. The van der Waals surface area contributed by atoms with Crippen LogP contribution in [0.25, 0.3) is 0 Å². The minimum absolute atomic E-state index is 0.0102. The lowest BCUT2D eigenvalue weighted by atomic mass is 10.0. The van der Waals surface area contributed by atoms with E-state index in [-0.39, 0.29) is 17.5 Å². The van der Waals surface area contributed by atoms with E-state index in [2.05, 4.69) is 26.6 Å². The Morgan fingerprint density at radius 1 is 1.53 bits per heavy atom. The number of rotatable bonds is 3. The maximum absolute atomic E-state index is 11.6. The van der Waals surface area contributed by atoms with Crippen molar-refractivity contribution in [2.75, 3.05) is 18.4 Å². The lowest BCUT2D eigenvalue weighted by Crippen LogP contribution is -2.48. The third-order valence-electron chi connectivity index (χ3n) is 2.56. The predicted molar refractivity (Wildman–Crippen MR) is 65.8 cm³/mol. The van der Waals surface area contributed by atoms with Crippen LogP contribution in [0.5, 0.6) is 0 Å². The Balaban J connectivity index is 2.09. The highest BCUT2D eigenvalue weighted by Crippen LogP contribution is 2.27. The first-order valence-corrected chi connectivity index (χ1v) is 5.83. The van der Waals surface area contributed by atoms with Crippen LogP contribution in [0.4, 0.5) is 11.4 Å². The van der Waals surface area contributed by atoms with Crippen LogP contribution in [0.2, 0.25) is 0 Å². The molecule has 0 unspecified atom stereocenters. The summed E-state index contributed by atoms with van der Waals surface area (Å²) >= 11 is 3.10. The molecule has 0 aliphatic carbocycles. The lowest BCUT2D eigenvalue weighted by molar-refractivity contribution is -0.385. The Morgan fingerprint density at radius 3 is 2.71 bits per heavy atom. The minimum Gasteiger partial charge on any atom is -0.326 e. The van der Waals surface area contributed by atoms with Gasteiger partial charge < -0.3 is 10.6 Å². The summed E-state index contributed by atoms with van der Waals surface area (Å²) in [4.78, 5) is 21.7. The molecule has 0 aromatic heterocycles. The summed E-state index contributed by atoms with van der Waals surface area (Å²) in [6, 6.07) is 4.41. The fraction of sp³-hybridized carbons (Fsp3) is 0.300. The van der Waals surface area contributed by atoms with Crippen LogP contribution in [0.1, 0.15) is 0 Å². The van der Waals surface area contributed by atoms with Crippen LogP contribution in [-0.4, -0.2) is 23.9 Å². The Bertz CT molecular complexity index is 474. The monoisotopic (exact) mass is 299 g/mol. The first-order valence-electron chi connectivity index (χ1n) is 5.03. The number of hydrogen-bond donors (Lipinski definition) is 2. The molecule has 1 amide bonds. The number of nitrogens with one attached hydrogen (secondary N) is 2. The SMILES string of the molecule is O=C(Nc1ccc([N+](=O)[O-])c(Br)c1)C1CNC1. The van der Waals surface area contributed by atoms with Crippen LogP contribution >= 0.6 is 15.9 Å². The second-order valence-corrected chi connectivity index (χ2v) is 4.62. The Hall–Kier alpha value is -1.47. The van der Waals surface area contributed by atoms with E-state index < -0.39 is 4.92 Å². The first kappa shape index (κ1) is 12.0. The molecule has 0 atom stereocenters. The molecule has 1 aromatic carbocycles. The minimum atomic E-state index is -0.481. The molecular weight excluding hydrogens is 290 g/mol. The predicted octanol–water partition coefficient (Wildman–Crippen LogP) is 1.52. The highest BCUT2D eigenvalue weighted by molar-refractivity contribution is 9.10. The number of benzene rings is 1. The number of carbonyl (C=O) groups is 1. The van der Waals surface area contributed by atoms with Crippen LogP contribution in [0.15, 0.2) is 22.7 Å². The van der Waals surface area contributed by atoms with Gasteiger partial charge in [-0.05, 0) is 28.1 Å². The van der Waals surface area contributed by atoms with Crippen molar-refractivity contribution in [2.45, 2.75) is 0 Å². The van der Waals surface area contributed by atoms with Crippen molar-refractivity contribution < 1.29 is 9.72 Å². The van der Waals surface area contributed by atoms with Gasteiger partial charge in [0.25, 0.3) is 5.69 Å². The maximum atomic E-state index is 11.6. The molecule has 1 aliphatic heterocycles. The number of nitro groups is 1. The topological polar surface area (TPSA) is 84.3 Å². The molecule has 0 spiro atoms. The molecule has 2 rings (SSSR count). The summed E-state index contributed by atoms with van der Waals surface area (Å²) in [5, 5.41) is 16.3. The molecule has 1 aliphatic rings. The zero-order chi connectivity index (χ0) is 12.4. The van der Waals surface area contributed by atoms with Crippen molar-refractivity contribution >= 4 is 33.2 Å². The number of amides is 1. The molecule has 0 saturated carbocycles. The molecule has 2 N–H and O–H groups in total. The van der Waals surface area contributed by atoms with Crippen molar-refractivity contribution in [2.24, 2.45) is 5.92 Å². The van der Waals surface area contributed by atoms with E-state index in [4.69, 9.17) is 0 Å². The van der Waals surface area contributed by atoms with Crippen LogP contribution < -0.4 is 10.6 Å². The van der Waals surface area contributed by atoms with Gasteiger partial charge in [0.05, 0.1) is 15.3 Å². The smallest absolute Gasteiger partial charge is 0.283 e. The molecule has 1 saturated heterocycles. The van der Waals surface area contributed by atoms with Crippen molar-refractivity contribution in [3.8, 4) is 0 Å². The molecule has 0 radical (unpaired) electrons. The summed E-state index contributed by atoms with van der Waals surface area (Å²) < 4.78 is 0.354. The van der Waals surface area contributed by atoms with Crippen molar-refractivity contribution in [1.82, 2.24) is 5.32 Å². The van der Waals surface area contributed by atoms with Gasteiger partial charge in [-0.3, -0.25) is 14.9 Å². The van der Waals surface area contributed by atoms with Crippen LogP contribution in [0.3, 0.4) is 0 Å². The third-order valence-corrected chi connectivity index (χ3v) is 3.20. The highest BCUT2D eigenvalue weighted by atomic mass is 79.9. The second-order valence-electron chi connectivity index (χ2n) is 3.77. The molecule has 1 fully saturated rings. The molecular formula is C10H10BrN3O3. The van der Waals surface area contributed by atoms with E-state index >= 15 is 0 Å². The molecule has 0 bridgehead atoms. The maximum Gasteiger partial charge on any atom is 0.283 e. The zero-order valence-corrected chi connectivity index (χ0v) is 10.4. The van der Waals surface area contributed by atoms with Gasteiger partial charge in [0.1, 0.15) is 0 Å². The summed E-state index contributed by atoms with van der Waals surface area (Å²) in [7, 11) is 0. The average Bonchev–Trinajstić information content (AvgIpc) is 2.13. The average molecular weight is 300 g/mol. The van der Waals surface area contributed by atoms with Gasteiger partial charge in [-0.15, -0.1) is 0 Å². The van der Waals surface area contributed by atoms with Gasteiger partial charge in [0.15, 0.2) is 0 Å². The fourth-order valence-corrected chi connectivity index (χ4v) is 1.97. The van der Waals surface area contributed by atoms with E-state index in [0.29, 0.717) is 23.2 Å². The summed E-state index contributed by atoms with van der Waals surface area (Å²) in [5.41, 5.74) is 0.535. The fourth-order valence-electron chi connectivity index (χ4n) is 1.45. The van der Waals surface area contributed by atoms with Gasteiger partial charge in [0, 0.05) is 24.8 Å². The van der Waals surface area contributed by atoms with Gasteiger partial charge in [-0.1, -0.05) is 0 Å². The van der Waals surface area contributed by atoms with E-state index in [1.54, 1.807) is 0 Å². The van der Waals surface area contributed by atoms with Crippen molar-refractivity contribution in [3.05, 3.63) is 32.8 Å². The summed E-state index contributed by atoms with van der Waals surface area (Å²) in [6.07, 6.45) is 0. The number of nitrogens with zero attached hydrogens (tertiary/aromatic N) is 1. The summed E-state index contributed by atoms with van der Waals surface area (Å²) in [5.74, 6) is -0.0755. The molecule has 1 aromatic rings. The van der Waals surface area contributed by atoms with Gasteiger partial charge >= 0.3 is 0 Å². The van der Waals surface area contributed by atoms with E-state index in [1.807, 2.05) is 0 Å². The third kappa shape index (κ3) is 2.62. The summed E-state index contributed by atoms with van der Waals surface area (Å²) in [6.45, 7) is 1.36. The number of anilines is 1. The molecule has 6 nitrogen and oxygen atoms in total. The quantitative estimate of drug-likeness (QED) is 0.654. The lowest BCUT2D eigenvalue weighted by Gasteiger charge is -2.25. The van der Waals surface area contributed by atoms with Gasteiger partial charge in [-0.2, -0.15) is 0 Å². The molecule has 17 heavy (non-hydrogen) atoms. The standard InChI is InChI=1S/C10H10BrN3O3/c11-8-3-7(1-2-9(8)14(16)17)13-10(15)6-4-12-5-6/h1-3,6,12H,4-5H2,(H,13,15). The van der Waals surface area contributed by atoms with Gasteiger partial charge in [0.2, 0.25) is 5.91 Å². The Labute approximate surface area is 106 Å². The van der Waals surface area contributed by atoms with Crippen molar-refractivity contribution in [3.63, 3.8) is 0 Å². The van der Waals surface area contributed by atoms with Crippen LogP contribution in [-0.2, 0) is 4.79 Å². The Morgan fingerprint density at radius 2 is 2.24 bits per heavy atom. The Kier molecular flexibility index (Phi) is 3.39. The molecule has 1 heterocycles. The largest absolute Gasteiger partial charge is 0.326 e. The number of nitro benzene ring substituents is 1. The van der Waals surface area contributed by atoms with E-state index in [1.165, 1.54) is 18.2 Å². The van der Waals surface area contributed by atoms with E-state index in [0.717, 1.165) is 0 Å². The highest BCUT2D eigenvalue weighted by Gasteiger charge is 2.25. The molecule has 90 valence electrons. The number of carbonyl (C=O) groups excluding carboxylic acids is 1.